The van der Waals surface area contributed by atoms with Gasteiger partial charge in [-0.15, -0.1) is 21.5 Å². The number of carbonyl (C=O) groups is 1. The van der Waals surface area contributed by atoms with Gasteiger partial charge in [-0.1, -0.05) is 31.4 Å². The van der Waals surface area contributed by atoms with Crippen molar-refractivity contribution in [1.29, 1.82) is 0 Å². The molecule has 0 spiro atoms. The molecule has 0 radical (unpaired) electrons. The van der Waals surface area contributed by atoms with Gasteiger partial charge in [0.2, 0.25) is 5.91 Å². The summed E-state index contributed by atoms with van der Waals surface area (Å²) < 4.78 is 26.8. The highest BCUT2D eigenvalue weighted by molar-refractivity contribution is 7.17. The van der Waals surface area contributed by atoms with Crippen LogP contribution in [0.2, 0.25) is 0 Å². The van der Waals surface area contributed by atoms with E-state index in [0.717, 1.165) is 53.7 Å². The highest BCUT2D eigenvalue weighted by Gasteiger charge is 2.19. The molecule has 0 bridgehead atoms. The van der Waals surface area contributed by atoms with Gasteiger partial charge in [0.25, 0.3) is 0 Å². The number of rotatable bonds is 10. The average molecular weight is 575 g/mol. The minimum atomic E-state index is -0.389. The number of hydrogen-bond acceptors (Lipinski definition) is 7. The predicted octanol–water partition coefficient (Wildman–Crippen LogP) is 6.04. The Hall–Kier alpha value is -3.40. The second kappa shape index (κ2) is 13.1. The summed E-state index contributed by atoms with van der Waals surface area (Å²) in [5.74, 6) is 0.0286. The van der Waals surface area contributed by atoms with Crippen molar-refractivity contribution in [3.63, 3.8) is 0 Å². The van der Waals surface area contributed by atoms with Crippen LogP contribution in [0.5, 0.6) is 5.75 Å². The lowest BCUT2D eigenvalue weighted by molar-refractivity contribution is -0.123. The SMILES string of the molecule is O=C(CCOCCOc1cc(F)ccc1-c1nnc(-c2ccc3c(c2)CCNC3)c2ccsc12)NC1CCCCC1. The summed E-state index contributed by atoms with van der Waals surface area (Å²) in [6.07, 6.45) is 7.06. The molecule has 0 unspecified atom stereocenters. The molecule has 214 valence electrons. The molecule has 2 aromatic heterocycles. The van der Waals surface area contributed by atoms with Crippen LogP contribution in [-0.2, 0) is 22.5 Å². The highest BCUT2D eigenvalue weighted by Crippen LogP contribution is 2.39. The second-order valence-corrected chi connectivity index (χ2v) is 11.6. The van der Waals surface area contributed by atoms with E-state index in [2.05, 4.69) is 45.1 Å². The first-order valence-corrected chi connectivity index (χ1v) is 15.4. The fourth-order valence-electron chi connectivity index (χ4n) is 5.73. The smallest absolute Gasteiger partial charge is 0.222 e. The number of aromatic nitrogens is 2. The Bertz CT molecular complexity index is 1520. The summed E-state index contributed by atoms with van der Waals surface area (Å²) in [7, 11) is 0. The van der Waals surface area contributed by atoms with Gasteiger partial charge < -0.3 is 20.1 Å². The fraction of sp³-hybridized carbons (Fsp3) is 0.406. The maximum absolute atomic E-state index is 14.3. The number of amides is 1. The topological polar surface area (TPSA) is 85.4 Å². The van der Waals surface area contributed by atoms with E-state index >= 15 is 0 Å². The van der Waals surface area contributed by atoms with Crippen LogP contribution in [0.25, 0.3) is 32.6 Å². The summed E-state index contributed by atoms with van der Waals surface area (Å²) in [5.41, 5.74) is 5.91. The molecule has 1 aliphatic heterocycles. The third kappa shape index (κ3) is 6.58. The summed E-state index contributed by atoms with van der Waals surface area (Å²) >= 11 is 1.58. The lowest BCUT2D eigenvalue weighted by Gasteiger charge is -2.22. The lowest BCUT2D eigenvalue weighted by atomic mass is 9.95. The Kier molecular flexibility index (Phi) is 8.84. The summed E-state index contributed by atoms with van der Waals surface area (Å²) in [4.78, 5) is 12.2. The number of thiophene rings is 1. The Morgan fingerprint density at radius 3 is 2.78 bits per heavy atom. The van der Waals surface area contributed by atoms with E-state index in [1.54, 1.807) is 17.4 Å². The van der Waals surface area contributed by atoms with Crippen molar-refractivity contribution >= 4 is 27.3 Å². The summed E-state index contributed by atoms with van der Waals surface area (Å²) in [6.45, 7) is 2.70. The van der Waals surface area contributed by atoms with Gasteiger partial charge in [0.1, 0.15) is 29.6 Å². The predicted molar refractivity (Wildman–Crippen MR) is 160 cm³/mol. The maximum atomic E-state index is 14.3. The number of nitrogens with zero attached hydrogens (tertiary/aromatic N) is 2. The Morgan fingerprint density at radius 2 is 1.88 bits per heavy atom. The number of carbonyl (C=O) groups excluding carboxylic acids is 1. The first-order valence-electron chi connectivity index (χ1n) is 14.5. The number of ether oxygens (including phenoxy) is 2. The van der Waals surface area contributed by atoms with Crippen molar-refractivity contribution < 1.29 is 18.7 Å². The van der Waals surface area contributed by atoms with E-state index in [-0.39, 0.29) is 18.3 Å². The van der Waals surface area contributed by atoms with Gasteiger partial charge in [0.15, 0.2) is 0 Å². The normalized spacial score (nSPS) is 15.5. The van der Waals surface area contributed by atoms with Gasteiger partial charge in [-0.2, -0.15) is 0 Å². The van der Waals surface area contributed by atoms with Gasteiger partial charge in [0.05, 0.1) is 17.9 Å². The molecular formula is C32H35FN4O3S. The van der Waals surface area contributed by atoms with E-state index < -0.39 is 0 Å². The summed E-state index contributed by atoms with van der Waals surface area (Å²) in [6, 6.07) is 13.3. The van der Waals surface area contributed by atoms with Crippen LogP contribution < -0.4 is 15.4 Å². The minimum absolute atomic E-state index is 0.0274. The first-order chi connectivity index (χ1) is 20.2. The van der Waals surface area contributed by atoms with Crippen LogP contribution in [0, 0.1) is 5.82 Å². The molecule has 1 aliphatic carbocycles. The van der Waals surface area contributed by atoms with Crippen molar-refractivity contribution in [2.45, 2.75) is 57.5 Å². The van der Waals surface area contributed by atoms with Gasteiger partial charge in [-0.05, 0) is 66.6 Å². The molecule has 1 amide bonds. The van der Waals surface area contributed by atoms with Crippen LogP contribution in [-0.4, -0.2) is 48.5 Å². The zero-order valence-corrected chi connectivity index (χ0v) is 23.9. The molecule has 4 aromatic rings. The number of halogens is 1. The third-order valence-corrected chi connectivity index (χ3v) is 8.80. The molecule has 0 atom stereocenters. The Morgan fingerprint density at radius 1 is 1.00 bits per heavy atom. The first kappa shape index (κ1) is 27.8. The average Bonchev–Trinajstić information content (AvgIpc) is 3.49. The van der Waals surface area contributed by atoms with Gasteiger partial charge in [0, 0.05) is 41.6 Å². The van der Waals surface area contributed by atoms with Crippen molar-refractivity contribution in [3.8, 4) is 28.3 Å². The highest BCUT2D eigenvalue weighted by atomic mass is 32.1. The maximum Gasteiger partial charge on any atom is 0.222 e. The molecule has 2 N–H and O–H groups in total. The van der Waals surface area contributed by atoms with Gasteiger partial charge in [-0.3, -0.25) is 4.79 Å². The number of hydrogen-bond donors (Lipinski definition) is 2. The summed E-state index contributed by atoms with van der Waals surface area (Å²) in [5, 5.41) is 18.8. The molecule has 9 heteroatoms. The number of fused-ring (bicyclic) bond motifs is 2. The standard InChI is InChI=1S/C32H35FN4O3S/c33-24-8-9-26(28(19-24)40-16-15-39-14-11-29(38)35-25-4-2-1-3-5-25)31-32-27(12-17-41-32)30(36-37-31)22-6-7-23-20-34-13-10-21(23)18-22/h6-9,12,17-19,25,34H,1-5,10-11,13-16,20H2,(H,35,38). The van der Waals surface area contributed by atoms with Crippen LogP contribution in [0.4, 0.5) is 4.39 Å². The van der Waals surface area contributed by atoms with Crippen molar-refractivity contribution in [3.05, 3.63) is 64.8 Å². The van der Waals surface area contributed by atoms with E-state index in [1.165, 1.54) is 42.5 Å². The fourth-order valence-corrected chi connectivity index (χ4v) is 6.62. The number of nitrogens with one attached hydrogen (secondary N) is 2. The minimum Gasteiger partial charge on any atom is -0.490 e. The molecule has 0 saturated heterocycles. The molecular weight excluding hydrogens is 539 g/mol. The number of benzene rings is 2. The third-order valence-electron chi connectivity index (χ3n) is 7.88. The molecule has 1 saturated carbocycles. The van der Waals surface area contributed by atoms with Crippen LogP contribution in [0.3, 0.4) is 0 Å². The van der Waals surface area contributed by atoms with Gasteiger partial charge >= 0.3 is 0 Å². The molecule has 6 rings (SSSR count). The van der Waals surface area contributed by atoms with Crippen molar-refractivity contribution in [2.75, 3.05) is 26.4 Å². The van der Waals surface area contributed by atoms with E-state index in [1.807, 2.05) is 5.38 Å². The molecule has 7 nitrogen and oxygen atoms in total. The Labute approximate surface area is 243 Å². The molecule has 2 aliphatic rings. The van der Waals surface area contributed by atoms with Gasteiger partial charge in [-0.25, -0.2) is 4.39 Å². The zero-order valence-electron chi connectivity index (χ0n) is 23.1. The molecule has 3 heterocycles. The van der Waals surface area contributed by atoms with Crippen molar-refractivity contribution in [2.24, 2.45) is 0 Å². The molecule has 41 heavy (non-hydrogen) atoms. The Balaban J connectivity index is 1.12. The van der Waals surface area contributed by atoms with Crippen LogP contribution in [0.1, 0.15) is 49.7 Å². The van der Waals surface area contributed by atoms with E-state index in [9.17, 15) is 9.18 Å². The van der Waals surface area contributed by atoms with Crippen LogP contribution >= 0.6 is 11.3 Å². The molecule has 1 fully saturated rings. The van der Waals surface area contributed by atoms with Crippen molar-refractivity contribution in [1.82, 2.24) is 20.8 Å². The van der Waals surface area contributed by atoms with E-state index in [0.29, 0.717) is 42.7 Å². The molecule has 2 aromatic carbocycles. The second-order valence-electron chi connectivity index (χ2n) is 10.7. The lowest BCUT2D eigenvalue weighted by Crippen LogP contribution is -2.36. The monoisotopic (exact) mass is 574 g/mol. The largest absolute Gasteiger partial charge is 0.490 e. The van der Waals surface area contributed by atoms with Crippen LogP contribution in [0.15, 0.2) is 47.8 Å². The van der Waals surface area contributed by atoms with E-state index in [4.69, 9.17) is 9.47 Å². The zero-order chi connectivity index (χ0) is 28.0. The quantitative estimate of drug-likeness (QED) is 0.225.